The fraction of sp³-hybridized carbons (Fsp3) is 0.385. The molecule has 3 fully saturated rings. The standard InChI is InChI=1S/C26H24N2O2S6/c1-3-27-22(29)18(35-24(27)31)12-14-10-16-20(33-14)21-17(26(16)8-6-5-7-9-26)11-15(34-21)13-19-23(30)28(4-2)25(32)36-19/h10-13H,3-9H2,1-2H3/b18-12-,19-13-. The minimum atomic E-state index is 0.0110. The lowest BCUT2D eigenvalue weighted by atomic mass is 9.68. The molecule has 36 heavy (non-hydrogen) atoms. The van der Waals surface area contributed by atoms with Gasteiger partial charge in [-0.1, -0.05) is 67.2 Å². The molecule has 0 atom stereocenters. The third-order valence-electron chi connectivity index (χ3n) is 7.37. The highest BCUT2D eigenvalue weighted by Gasteiger charge is 2.46. The Kier molecular flexibility index (Phi) is 6.57. The van der Waals surface area contributed by atoms with E-state index in [0.717, 1.165) is 22.6 Å². The molecule has 4 nitrogen and oxygen atoms in total. The van der Waals surface area contributed by atoms with E-state index in [1.807, 2.05) is 26.0 Å². The fourth-order valence-corrected chi connectivity index (χ4v) is 11.1. The van der Waals surface area contributed by atoms with Crippen LogP contribution in [0.5, 0.6) is 0 Å². The van der Waals surface area contributed by atoms with Gasteiger partial charge in [0.15, 0.2) is 0 Å². The zero-order chi connectivity index (χ0) is 25.2. The number of thioether (sulfide) groups is 2. The molecule has 0 aromatic carbocycles. The number of hydrogen-bond acceptors (Lipinski definition) is 8. The molecule has 1 saturated carbocycles. The summed E-state index contributed by atoms with van der Waals surface area (Å²) in [5, 5.41) is 0. The summed E-state index contributed by atoms with van der Waals surface area (Å²) in [4.78, 5) is 35.2. The Hall–Kier alpha value is -1.30. The van der Waals surface area contributed by atoms with E-state index in [9.17, 15) is 9.59 Å². The molecule has 2 aromatic heterocycles. The van der Waals surface area contributed by atoms with Gasteiger partial charge >= 0.3 is 0 Å². The molecule has 4 aliphatic rings. The number of amides is 2. The molecule has 0 radical (unpaired) electrons. The highest BCUT2D eigenvalue weighted by Crippen LogP contribution is 2.61. The minimum Gasteiger partial charge on any atom is -0.293 e. The zero-order valence-electron chi connectivity index (χ0n) is 19.9. The minimum absolute atomic E-state index is 0.0110. The SMILES string of the molecule is CCN1C(=O)/C(=C/c2cc3c(s2)-c2sc(/C=C4\SC(=S)N(CC)C4=O)cc2C32CCCCC2)SC1=S. The summed E-state index contributed by atoms with van der Waals surface area (Å²) in [5.74, 6) is 0.0221. The molecule has 2 aliphatic carbocycles. The van der Waals surface area contributed by atoms with Crippen molar-refractivity contribution in [1.29, 1.82) is 0 Å². The van der Waals surface area contributed by atoms with Crippen LogP contribution < -0.4 is 0 Å². The topological polar surface area (TPSA) is 40.6 Å². The van der Waals surface area contributed by atoms with Gasteiger partial charge in [0.1, 0.15) is 8.64 Å². The van der Waals surface area contributed by atoms with Crippen LogP contribution in [0, 0.1) is 0 Å². The third kappa shape index (κ3) is 3.82. The van der Waals surface area contributed by atoms with Crippen molar-refractivity contribution in [2.24, 2.45) is 0 Å². The molecule has 0 N–H and O–H groups in total. The van der Waals surface area contributed by atoms with E-state index in [4.69, 9.17) is 24.4 Å². The number of likely N-dealkylation sites (N-methyl/N-ethyl adjacent to an activating group) is 2. The summed E-state index contributed by atoms with van der Waals surface area (Å²) in [6, 6.07) is 4.64. The Balaban J connectivity index is 1.40. The molecule has 2 amide bonds. The summed E-state index contributed by atoms with van der Waals surface area (Å²) >= 11 is 17.2. The number of hydrogen-bond donors (Lipinski definition) is 0. The van der Waals surface area contributed by atoms with Crippen molar-refractivity contribution in [2.45, 2.75) is 51.4 Å². The molecular formula is C26H24N2O2S6. The maximum absolute atomic E-state index is 12.8. The molecule has 2 saturated heterocycles. The summed E-state index contributed by atoms with van der Waals surface area (Å²) < 4.78 is 1.28. The molecule has 186 valence electrons. The van der Waals surface area contributed by atoms with Crippen LogP contribution in [0.1, 0.15) is 66.8 Å². The fourth-order valence-electron chi connectivity index (χ4n) is 5.65. The van der Waals surface area contributed by atoms with Crippen molar-refractivity contribution < 1.29 is 9.59 Å². The average molecular weight is 589 g/mol. The van der Waals surface area contributed by atoms with Crippen molar-refractivity contribution in [3.05, 3.63) is 42.8 Å². The second kappa shape index (κ2) is 9.47. The average Bonchev–Trinajstić information content (AvgIpc) is 3.63. The van der Waals surface area contributed by atoms with Gasteiger partial charge in [0.2, 0.25) is 0 Å². The van der Waals surface area contributed by atoms with Crippen molar-refractivity contribution in [1.82, 2.24) is 9.80 Å². The first-order chi connectivity index (χ1) is 17.4. The van der Waals surface area contributed by atoms with Crippen LogP contribution in [0.4, 0.5) is 0 Å². The summed E-state index contributed by atoms with van der Waals surface area (Å²) in [6.07, 6.45) is 10.1. The van der Waals surface area contributed by atoms with Crippen LogP contribution >= 0.6 is 70.6 Å². The lowest BCUT2D eigenvalue weighted by Gasteiger charge is -2.34. The van der Waals surface area contributed by atoms with Gasteiger partial charge in [-0.2, -0.15) is 0 Å². The normalized spacial score (nSPS) is 23.2. The monoisotopic (exact) mass is 588 g/mol. The number of fused-ring (bicyclic) bond motifs is 5. The highest BCUT2D eigenvalue weighted by molar-refractivity contribution is 8.27. The Morgan fingerprint density at radius 2 is 1.25 bits per heavy atom. The van der Waals surface area contributed by atoms with Gasteiger partial charge in [-0.05, 0) is 62.1 Å². The summed E-state index contributed by atoms with van der Waals surface area (Å²) in [5.41, 5.74) is 2.89. The molecule has 6 rings (SSSR count). The Labute approximate surface area is 238 Å². The third-order valence-corrected chi connectivity index (χ3v) is 12.5. The van der Waals surface area contributed by atoms with Crippen LogP contribution in [0.3, 0.4) is 0 Å². The molecule has 0 unspecified atom stereocenters. The largest absolute Gasteiger partial charge is 0.293 e. The Bertz CT molecular complexity index is 1290. The van der Waals surface area contributed by atoms with E-state index in [0.29, 0.717) is 31.5 Å². The van der Waals surface area contributed by atoms with Crippen LogP contribution in [-0.2, 0) is 15.0 Å². The molecule has 4 heterocycles. The van der Waals surface area contributed by atoms with Gasteiger partial charge in [0, 0.05) is 38.0 Å². The Morgan fingerprint density at radius 3 is 1.64 bits per heavy atom. The molecule has 1 spiro atoms. The summed E-state index contributed by atoms with van der Waals surface area (Å²) in [7, 11) is 0. The van der Waals surface area contributed by atoms with E-state index in [2.05, 4.69) is 12.1 Å². The van der Waals surface area contributed by atoms with E-state index in [1.54, 1.807) is 32.5 Å². The lowest BCUT2D eigenvalue weighted by Crippen LogP contribution is -2.27. The second-order valence-electron chi connectivity index (χ2n) is 9.28. The van der Waals surface area contributed by atoms with Crippen LogP contribution in [0.15, 0.2) is 21.9 Å². The predicted octanol–water partition coefficient (Wildman–Crippen LogP) is 7.48. The first-order valence-electron chi connectivity index (χ1n) is 12.2. The molecule has 2 aliphatic heterocycles. The van der Waals surface area contributed by atoms with Gasteiger partial charge in [0.25, 0.3) is 11.8 Å². The van der Waals surface area contributed by atoms with Crippen LogP contribution in [0.2, 0.25) is 0 Å². The van der Waals surface area contributed by atoms with Gasteiger partial charge in [0.05, 0.1) is 9.81 Å². The molecule has 10 heteroatoms. The van der Waals surface area contributed by atoms with E-state index in [1.165, 1.54) is 63.7 Å². The Morgan fingerprint density at radius 1 is 0.806 bits per heavy atom. The van der Waals surface area contributed by atoms with Crippen molar-refractivity contribution in [3.8, 4) is 9.75 Å². The van der Waals surface area contributed by atoms with Crippen molar-refractivity contribution in [2.75, 3.05) is 13.1 Å². The van der Waals surface area contributed by atoms with E-state index < -0.39 is 0 Å². The molecule has 2 aromatic rings. The number of thiophene rings is 2. The van der Waals surface area contributed by atoms with Crippen molar-refractivity contribution >= 4 is 103 Å². The predicted molar refractivity (Wildman–Crippen MR) is 163 cm³/mol. The maximum atomic E-state index is 12.8. The van der Waals surface area contributed by atoms with Gasteiger partial charge in [-0.3, -0.25) is 19.4 Å². The lowest BCUT2D eigenvalue weighted by molar-refractivity contribution is -0.122. The number of rotatable bonds is 4. The van der Waals surface area contributed by atoms with Crippen LogP contribution in [0.25, 0.3) is 21.9 Å². The van der Waals surface area contributed by atoms with Gasteiger partial charge in [-0.25, -0.2) is 0 Å². The summed E-state index contributed by atoms with van der Waals surface area (Å²) in [6.45, 7) is 5.11. The smallest absolute Gasteiger partial charge is 0.266 e. The van der Waals surface area contributed by atoms with E-state index in [-0.39, 0.29) is 17.2 Å². The quantitative estimate of drug-likeness (QED) is 0.272. The number of carbonyl (C=O) groups excluding carboxylic acids is 2. The highest BCUT2D eigenvalue weighted by atomic mass is 32.2. The number of thiocarbonyl (C=S) groups is 2. The van der Waals surface area contributed by atoms with Crippen molar-refractivity contribution in [3.63, 3.8) is 0 Å². The van der Waals surface area contributed by atoms with Crippen LogP contribution in [-0.4, -0.2) is 43.3 Å². The first-order valence-corrected chi connectivity index (χ1v) is 16.2. The van der Waals surface area contributed by atoms with Gasteiger partial charge in [-0.15, -0.1) is 22.7 Å². The zero-order valence-corrected chi connectivity index (χ0v) is 24.8. The second-order valence-corrected chi connectivity index (χ2v) is 14.8. The maximum Gasteiger partial charge on any atom is 0.266 e. The number of nitrogens with zero attached hydrogens (tertiary/aromatic N) is 2. The first kappa shape index (κ1) is 25.0. The number of carbonyl (C=O) groups is 2. The van der Waals surface area contributed by atoms with Gasteiger partial charge < -0.3 is 0 Å². The molecular weight excluding hydrogens is 565 g/mol. The van der Waals surface area contributed by atoms with E-state index >= 15 is 0 Å². The molecule has 0 bridgehead atoms.